The molecule has 1 aromatic heterocycles. The lowest BCUT2D eigenvalue weighted by Crippen LogP contribution is -2.40. The molecule has 2 aromatic rings. The summed E-state index contributed by atoms with van der Waals surface area (Å²) in [7, 11) is -3.51. The molecule has 4 N–H and O–H groups in total. The first kappa shape index (κ1) is 17.9. The number of ether oxygens (including phenoxy) is 1. The summed E-state index contributed by atoms with van der Waals surface area (Å²) in [4.78, 5) is 8.48. The first-order valence-electron chi connectivity index (χ1n) is 7.65. The molecular weight excluding hydrogens is 362 g/mol. The van der Waals surface area contributed by atoms with Crippen LogP contribution in [0, 0.1) is 0 Å². The van der Waals surface area contributed by atoms with Gasteiger partial charge < -0.3 is 16.2 Å². The van der Waals surface area contributed by atoms with E-state index in [4.69, 9.17) is 16.2 Å². The van der Waals surface area contributed by atoms with E-state index in [0.29, 0.717) is 48.8 Å². The highest BCUT2D eigenvalue weighted by molar-refractivity contribution is 7.98. The number of sulfonamides is 1. The van der Waals surface area contributed by atoms with Gasteiger partial charge in [-0.3, -0.25) is 0 Å². The topological polar surface area (TPSA) is 124 Å². The standard InChI is InChI=1S/C15H19N5O3S2/c16-13-9-14(17)19-15(18-13)24-10-11-2-1-3-12(8-11)25(21,22)20-4-6-23-7-5-20/h1-3,8-9H,4-7,10H2,(H4,16,17,18,19). The fourth-order valence-corrected chi connectivity index (χ4v) is 4.70. The molecule has 0 atom stereocenters. The summed E-state index contributed by atoms with van der Waals surface area (Å²) in [6, 6.07) is 8.36. The lowest BCUT2D eigenvalue weighted by molar-refractivity contribution is 0.0730. The van der Waals surface area contributed by atoms with Crippen LogP contribution in [0.1, 0.15) is 5.56 Å². The van der Waals surface area contributed by atoms with Gasteiger partial charge in [0.05, 0.1) is 18.1 Å². The van der Waals surface area contributed by atoms with Crippen molar-refractivity contribution < 1.29 is 13.2 Å². The molecule has 0 radical (unpaired) electrons. The average Bonchev–Trinajstić information content (AvgIpc) is 2.60. The Hall–Kier alpha value is -1.88. The summed E-state index contributed by atoms with van der Waals surface area (Å²) < 4.78 is 32.1. The van der Waals surface area contributed by atoms with Crippen molar-refractivity contribution in [2.24, 2.45) is 0 Å². The highest BCUT2D eigenvalue weighted by Gasteiger charge is 2.26. The van der Waals surface area contributed by atoms with Crippen LogP contribution in [0.5, 0.6) is 0 Å². The van der Waals surface area contributed by atoms with Crippen molar-refractivity contribution in [3.05, 3.63) is 35.9 Å². The highest BCUT2D eigenvalue weighted by atomic mass is 32.2. The zero-order valence-corrected chi connectivity index (χ0v) is 15.1. The van der Waals surface area contributed by atoms with Crippen molar-refractivity contribution in [2.75, 3.05) is 37.8 Å². The van der Waals surface area contributed by atoms with Crippen LogP contribution < -0.4 is 11.5 Å². The van der Waals surface area contributed by atoms with Gasteiger partial charge in [0, 0.05) is 24.9 Å². The second-order valence-electron chi connectivity index (χ2n) is 5.45. The van der Waals surface area contributed by atoms with Crippen LogP contribution in [0.2, 0.25) is 0 Å². The maximum Gasteiger partial charge on any atom is 0.243 e. The maximum absolute atomic E-state index is 12.7. The minimum absolute atomic E-state index is 0.278. The van der Waals surface area contributed by atoms with Crippen molar-refractivity contribution in [3.8, 4) is 0 Å². The molecule has 1 aliphatic heterocycles. The van der Waals surface area contributed by atoms with Gasteiger partial charge in [-0.25, -0.2) is 18.4 Å². The molecule has 0 amide bonds. The molecule has 0 spiro atoms. The van der Waals surface area contributed by atoms with E-state index in [9.17, 15) is 8.42 Å². The Labute approximate surface area is 150 Å². The number of aromatic nitrogens is 2. The Morgan fingerprint density at radius 1 is 1.12 bits per heavy atom. The van der Waals surface area contributed by atoms with Gasteiger partial charge in [0.25, 0.3) is 0 Å². The predicted octanol–water partition coefficient (Wildman–Crippen LogP) is 0.954. The molecule has 25 heavy (non-hydrogen) atoms. The van der Waals surface area contributed by atoms with Gasteiger partial charge in [-0.15, -0.1) is 0 Å². The Balaban J connectivity index is 1.75. The summed E-state index contributed by atoms with van der Waals surface area (Å²) in [5, 5.41) is 0.457. The predicted molar refractivity (Wildman–Crippen MR) is 96.4 cm³/mol. The number of thioether (sulfide) groups is 1. The molecule has 1 fully saturated rings. The second-order valence-corrected chi connectivity index (χ2v) is 8.33. The Bertz CT molecular complexity index is 834. The number of anilines is 2. The molecule has 1 saturated heterocycles. The van der Waals surface area contributed by atoms with Gasteiger partial charge in [-0.1, -0.05) is 23.9 Å². The average molecular weight is 381 g/mol. The second kappa shape index (κ2) is 7.56. The molecule has 0 bridgehead atoms. The van der Waals surface area contributed by atoms with Crippen LogP contribution in [0.25, 0.3) is 0 Å². The molecule has 1 aliphatic rings. The summed E-state index contributed by atoms with van der Waals surface area (Å²) in [6.07, 6.45) is 0. The molecule has 10 heteroatoms. The van der Waals surface area contributed by atoms with E-state index in [0.717, 1.165) is 5.56 Å². The largest absolute Gasteiger partial charge is 0.383 e. The summed E-state index contributed by atoms with van der Waals surface area (Å²) >= 11 is 1.35. The van der Waals surface area contributed by atoms with Crippen molar-refractivity contribution in [2.45, 2.75) is 15.8 Å². The SMILES string of the molecule is Nc1cc(N)nc(SCc2cccc(S(=O)(=O)N3CCOCC3)c2)n1. The molecular formula is C15H19N5O3S2. The van der Waals surface area contributed by atoms with E-state index in [1.807, 2.05) is 6.07 Å². The molecule has 0 aliphatic carbocycles. The molecule has 0 unspecified atom stereocenters. The maximum atomic E-state index is 12.7. The van der Waals surface area contributed by atoms with Gasteiger partial charge in [-0.05, 0) is 17.7 Å². The van der Waals surface area contributed by atoms with Crippen LogP contribution in [0.4, 0.5) is 11.6 Å². The number of rotatable bonds is 5. The summed E-state index contributed by atoms with van der Waals surface area (Å²) in [5.41, 5.74) is 12.2. The Morgan fingerprint density at radius 3 is 2.48 bits per heavy atom. The van der Waals surface area contributed by atoms with Gasteiger partial charge in [0.1, 0.15) is 11.6 Å². The smallest absolute Gasteiger partial charge is 0.243 e. The van der Waals surface area contributed by atoms with Crippen LogP contribution in [-0.4, -0.2) is 49.0 Å². The van der Waals surface area contributed by atoms with Crippen LogP contribution in [0.15, 0.2) is 40.4 Å². The fourth-order valence-electron chi connectivity index (χ4n) is 2.41. The van der Waals surface area contributed by atoms with E-state index in [1.54, 1.807) is 18.2 Å². The van der Waals surface area contributed by atoms with Crippen molar-refractivity contribution >= 4 is 33.4 Å². The highest BCUT2D eigenvalue weighted by Crippen LogP contribution is 2.24. The monoisotopic (exact) mass is 381 g/mol. The van der Waals surface area contributed by atoms with E-state index >= 15 is 0 Å². The lowest BCUT2D eigenvalue weighted by Gasteiger charge is -2.26. The number of hydrogen-bond acceptors (Lipinski definition) is 8. The summed E-state index contributed by atoms with van der Waals surface area (Å²) in [5.74, 6) is 1.12. The number of nitrogens with two attached hydrogens (primary N) is 2. The quantitative estimate of drug-likeness (QED) is 0.579. The van der Waals surface area contributed by atoms with E-state index in [-0.39, 0.29) is 4.90 Å². The van der Waals surface area contributed by atoms with Gasteiger partial charge in [0.15, 0.2) is 5.16 Å². The molecule has 8 nitrogen and oxygen atoms in total. The number of nitrogens with zero attached hydrogens (tertiary/aromatic N) is 3. The van der Waals surface area contributed by atoms with Crippen LogP contribution in [0.3, 0.4) is 0 Å². The molecule has 2 heterocycles. The normalized spacial score (nSPS) is 16.0. The van der Waals surface area contributed by atoms with E-state index in [1.165, 1.54) is 22.1 Å². The first-order valence-corrected chi connectivity index (χ1v) is 10.1. The lowest BCUT2D eigenvalue weighted by atomic mass is 10.2. The third kappa shape index (κ3) is 4.40. The zero-order valence-electron chi connectivity index (χ0n) is 13.5. The van der Waals surface area contributed by atoms with Crippen molar-refractivity contribution in [3.63, 3.8) is 0 Å². The van der Waals surface area contributed by atoms with Crippen LogP contribution >= 0.6 is 11.8 Å². The Morgan fingerprint density at radius 2 is 1.80 bits per heavy atom. The van der Waals surface area contributed by atoms with Crippen molar-refractivity contribution in [1.29, 1.82) is 0 Å². The van der Waals surface area contributed by atoms with Gasteiger partial charge in [0.2, 0.25) is 10.0 Å². The van der Waals surface area contributed by atoms with E-state index < -0.39 is 10.0 Å². The molecule has 3 rings (SSSR count). The third-order valence-electron chi connectivity index (χ3n) is 3.62. The molecule has 0 saturated carbocycles. The first-order chi connectivity index (χ1) is 11.9. The van der Waals surface area contributed by atoms with Crippen LogP contribution in [-0.2, 0) is 20.5 Å². The van der Waals surface area contributed by atoms with Gasteiger partial charge >= 0.3 is 0 Å². The number of hydrogen-bond donors (Lipinski definition) is 2. The number of benzene rings is 1. The number of morpholine rings is 1. The third-order valence-corrected chi connectivity index (χ3v) is 6.43. The Kier molecular flexibility index (Phi) is 5.42. The minimum Gasteiger partial charge on any atom is -0.383 e. The minimum atomic E-state index is -3.51. The zero-order chi connectivity index (χ0) is 17.9. The van der Waals surface area contributed by atoms with Gasteiger partial charge in [-0.2, -0.15) is 4.31 Å². The fraction of sp³-hybridized carbons (Fsp3) is 0.333. The molecule has 1 aromatic carbocycles. The van der Waals surface area contributed by atoms with E-state index in [2.05, 4.69) is 9.97 Å². The molecule has 134 valence electrons. The van der Waals surface area contributed by atoms with Crippen molar-refractivity contribution in [1.82, 2.24) is 14.3 Å². The summed E-state index contributed by atoms with van der Waals surface area (Å²) in [6.45, 7) is 1.58. The number of nitrogen functional groups attached to an aromatic ring is 2.